The van der Waals surface area contributed by atoms with Crippen molar-refractivity contribution in [2.75, 3.05) is 6.61 Å². The number of carbonyl (C=O) groups excluding carboxylic acids is 2. The standard InChI is InChI=1S/C16H21NO3S/c18-15(17-9-14-2-1-5-21-14)10-20-16(19)8-13-7-11-3-4-12(13)6-11/h1-2,5,11-13H,3-4,6-10H2,(H,17,18)/t11-,12+,13+/m0/s1. The van der Waals surface area contributed by atoms with Crippen LogP contribution in [0, 0.1) is 17.8 Å². The van der Waals surface area contributed by atoms with Crippen molar-refractivity contribution in [1.82, 2.24) is 5.32 Å². The molecule has 114 valence electrons. The van der Waals surface area contributed by atoms with E-state index in [1.807, 2.05) is 17.5 Å². The number of thiophene rings is 1. The molecule has 0 unspecified atom stereocenters. The molecule has 0 saturated heterocycles. The smallest absolute Gasteiger partial charge is 0.306 e. The van der Waals surface area contributed by atoms with E-state index in [1.54, 1.807) is 11.3 Å². The summed E-state index contributed by atoms with van der Waals surface area (Å²) in [6.45, 7) is 0.339. The molecule has 1 heterocycles. The van der Waals surface area contributed by atoms with E-state index in [1.165, 1.54) is 25.7 Å². The SMILES string of the molecule is O=C(COC(=O)C[C@H]1C[C@H]2CC[C@@H]1C2)NCc1cccs1. The molecular formula is C16H21NO3S. The van der Waals surface area contributed by atoms with Gasteiger partial charge in [-0.1, -0.05) is 12.5 Å². The number of nitrogens with one attached hydrogen (secondary N) is 1. The van der Waals surface area contributed by atoms with E-state index < -0.39 is 0 Å². The second kappa shape index (κ2) is 6.60. The highest BCUT2D eigenvalue weighted by Crippen LogP contribution is 2.49. The summed E-state index contributed by atoms with van der Waals surface area (Å²) in [6, 6.07) is 3.91. The first-order valence-corrected chi connectivity index (χ1v) is 8.53. The van der Waals surface area contributed by atoms with E-state index in [-0.39, 0.29) is 18.5 Å². The third-order valence-electron chi connectivity index (χ3n) is 4.72. The first-order valence-electron chi connectivity index (χ1n) is 7.65. The quantitative estimate of drug-likeness (QED) is 0.822. The summed E-state index contributed by atoms with van der Waals surface area (Å²) in [5.41, 5.74) is 0. The van der Waals surface area contributed by atoms with Crippen molar-refractivity contribution in [3.05, 3.63) is 22.4 Å². The topological polar surface area (TPSA) is 55.4 Å². The lowest BCUT2D eigenvalue weighted by Crippen LogP contribution is -2.28. The lowest BCUT2D eigenvalue weighted by molar-refractivity contribution is -0.149. The van der Waals surface area contributed by atoms with Crippen molar-refractivity contribution in [2.24, 2.45) is 17.8 Å². The summed E-state index contributed by atoms with van der Waals surface area (Å²) in [5, 5.41) is 4.72. The normalized spacial score (nSPS) is 26.8. The number of hydrogen-bond donors (Lipinski definition) is 1. The lowest BCUT2D eigenvalue weighted by atomic mass is 9.86. The summed E-state index contributed by atoms with van der Waals surface area (Å²) in [4.78, 5) is 24.5. The average molecular weight is 307 g/mol. The Balaban J connectivity index is 1.33. The van der Waals surface area contributed by atoms with Crippen LogP contribution in [0.15, 0.2) is 17.5 Å². The molecule has 1 aromatic heterocycles. The Morgan fingerprint density at radius 2 is 2.24 bits per heavy atom. The number of amides is 1. The van der Waals surface area contributed by atoms with Gasteiger partial charge in [-0.15, -0.1) is 11.3 Å². The maximum atomic E-state index is 11.8. The predicted octanol–water partition coefficient (Wildman–Crippen LogP) is 2.73. The molecule has 21 heavy (non-hydrogen) atoms. The van der Waals surface area contributed by atoms with Gasteiger partial charge in [0.05, 0.1) is 6.54 Å². The van der Waals surface area contributed by atoms with E-state index in [4.69, 9.17) is 4.74 Å². The minimum Gasteiger partial charge on any atom is -0.456 e. The van der Waals surface area contributed by atoms with E-state index in [2.05, 4.69) is 5.32 Å². The molecule has 1 amide bonds. The molecule has 3 rings (SSSR count). The van der Waals surface area contributed by atoms with Crippen LogP contribution < -0.4 is 5.32 Å². The first-order chi connectivity index (χ1) is 10.2. The molecule has 0 spiro atoms. The summed E-state index contributed by atoms with van der Waals surface area (Å²) in [5.74, 6) is 1.59. The maximum absolute atomic E-state index is 11.8. The highest BCUT2D eigenvalue weighted by molar-refractivity contribution is 7.09. The molecular weight excluding hydrogens is 286 g/mol. The second-order valence-electron chi connectivity index (χ2n) is 6.16. The van der Waals surface area contributed by atoms with Gasteiger partial charge in [0.1, 0.15) is 0 Å². The Labute approximate surface area is 128 Å². The zero-order chi connectivity index (χ0) is 14.7. The Kier molecular flexibility index (Phi) is 4.58. The van der Waals surface area contributed by atoms with Gasteiger partial charge in [-0.3, -0.25) is 9.59 Å². The molecule has 1 N–H and O–H groups in total. The van der Waals surface area contributed by atoms with E-state index in [0.717, 1.165) is 16.7 Å². The van der Waals surface area contributed by atoms with Crippen LogP contribution in [0.5, 0.6) is 0 Å². The molecule has 3 atom stereocenters. The van der Waals surface area contributed by atoms with Crippen LogP contribution in [0.4, 0.5) is 0 Å². The Morgan fingerprint density at radius 1 is 1.33 bits per heavy atom. The average Bonchev–Trinajstić information content (AvgIpc) is 3.20. The van der Waals surface area contributed by atoms with Crippen LogP contribution in [-0.4, -0.2) is 18.5 Å². The van der Waals surface area contributed by atoms with E-state index >= 15 is 0 Å². The van der Waals surface area contributed by atoms with Crippen LogP contribution >= 0.6 is 11.3 Å². The fourth-order valence-corrected chi connectivity index (χ4v) is 4.34. The van der Waals surface area contributed by atoms with Gasteiger partial charge in [0.2, 0.25) is 0 Å². The summed E-state index contributed by atoms with van der Waals surface area (Å²) >= 11 is 1.59. The molecule has 0 aliphatic heterocycles. The van der Waals surface area contributed by atoms with Crippen molar-refractivity contribution >= 4 is 23.2 Å². The van der Waals surface area contributed by atoms with Crippen molar-refractivity contribution in [3.8, 4) is 0 Å². The fourth-order valence-electron chi connectivity index (χ4n) is 3.70. The van der Waals surface area contributed by atoms with Gasteiger partial charge in [0, 0.05) is 11.3 Å². The van der Waals surface area contributed by atoms with Gasteiger partial charge < -0.3 is 10.1 Å². The van der Waals surface area contributed by atoms with Crippen LogP contribution in [0.2, 0.25) is 0 Å². The van der Waals surface area contributed by atoms with Gasteiger partial charge in [0.25, 0.3) is 5.91 Å². The zero-order valence-electron chi connectivity index (χ0n) is 12.0. The van der Waals surface area contributed by atoms with Crippen LogP contribution in [-0.2, 0) is 20.9 Å². The van der Waals surface area contributed by atoms with Crippen molar-refractivity contribution in [2.45, 2.75) is 38.6 Å². The molecule has 0 aromatic carbocycles. The van der Waals surface area contributed by atoms with Crippen LogP contribution in [0.1, 0.15) is 37.0 Å². The minimum absolute atomic E-state index is 0.162. The van der Waals surface area contributed by atoms with Crippen molar-refractivity contribution in [3.63, 3.8) is 0 Å². The third-order valence-corrected chi connectivity index (χ3v) is 5.59. The minimum atomic E-state index is -0.232. The Morgan fingerprint density at radius 3 is 2.90 bits per heavy atom. The molecule has 2 aliphatic carbocycles. The number of ether oxygens (including phenoxy) is 1. The number of carbonyl (C=O) groups is 2. The number of hydrogen-bond acceptors (Lipinski definition) is 4. The molecule has 2 aliphatic rings. The van der Waals surface area contributed by atoms with E-state index in [9.17, 15) is 9.59 Å². The maximum Gasteiger partial charge on any atom is 0.306 e. The molecule has 2 saturated carbocycles. The highest BCUT2D eigenvalue weighted by Gasteiger charge is 2.40. The fraction of sp³-hybridized carbons (Fsp3) is 0.625. The Bertz CT molecular complexity index is 500. The second-order valence-corrected chi connectivity index (χ2v) is 7.19. The van der Waals surface area contributed by atoms with Gasteiger partial charge in [0.15, 0.2) is 6.61 Å². The zero-order valence-corrected chi connectivity index (χ0v) is 12.9. The van der Waals surface area contributed by atoms with Gasteiger partial charge >= 0.3 is 5.97 Å². The third kappa shape index (κ3) is 3.84. The number of esters is 1. The molecule has 4 nitrogen and oxygen atoms in total. The predicted molar refractivity (Wildman–Crippen MR) is 80.7 cm³/mol. The largest absolute Gasteiger partial charge is 0.456 e. The number of rotatable bonds is 6. The molecule has 1 aromatic rings. The number of fused-ring (bicyclic) bond motifs is 2. The van der Waals surface area contributed by atoms with Crippen molar-refractivity contribution < 1.29 is 14.3 Å². The monoisotopic (exact) mass is 307 g/mol. The summed E-state index contributed by atoms with van der Waals surface area (Å²) < 4.78 is 5.10. The lowest BCUT2D eigenvalue weighted by Gasteiger charge is -2.20. The summed E-state index contributed by atoms with van der Waals surface area (Å²) in [6.07, 6.45) is 5.55. The molecule has 0 radical (unpaired) electrons. The summed E-state index contributed by atoms with van der Waals surface area (Å²) in [7, 11) is 0. The van der Waals surface area contributed by atoms with Gasteiger partial charge in [-0.2, -0.15) is 0 Å². The van der Waals surface area contributed by atoms with E-state index in [0.29, 0.717) is 18.9 Å². The van der Waals surface area contributed by atoms with Gasteiger partial charge in [-0.25, -0.2) is 0 Å². The molecule has 5 heteroatoms. The van der Waals surface area contributed by atoms with Crippen LogP contribution in [0.3, 0.4) is 0 Å². The highest BCUT2D eigenvalue weighted by atomic mass is 32.1. The molecule has 2 bridgehead atoms. The van der Waals surface area contributed by atoms with Crippen LogP contribution in [0.25, 0.3) is 0 Å². The first kappa shape index (κ1) is 14.6. The Hall–Kier alpha value is -1.36. The van der Waals surface area contributed by atoms with Gasteiger partial charge in [-0.05, 0) is 48.5 Å². The van der Waals surface area contributed by atoms with Crippen molar-refractivity contribution in [1.29, 1.82) is 0 Å². The molecule has 2 fully saturated rings.